The van der Waals surface area contributed by atoms with Crippen LogP contribution in [0.2, 0.25) is 0 Å². The highest BCUT2D eigenvalue weighted by atomic mass is 19.4. The van der Waals surface area contributed by atoms with E-state index in [-0.39, 0.29) is 11.6 Å². The molecule has 9 heteroatoms. The van der Waals surface area contributed by atoms with Gasteiger partial charge in [0.05, 0.1) is 30.2 Å². The first-order valence-electron chi connectivity index (χ1n) is 10.8. The van der Waals surface area contributed by atoms with Crippen molar-refractivity contribution in [2.24, 2.45) is 5.92 Å². The summed E-state index contributed by atoms with van der Waals surface area (Å²) >= 11 is 0. The maximum atomic E-state index is 13.4. The molecule has 1 unspecified atom stereocenters. The van der Waals surface area contributed by atoms with Gasteiger partial charge in [0, 0.05) is 18.7 Å². The molecular formula is C24H28F3N3O3. The Kier molecular flexibility index (Phi) is 7.63. The van der Waals surface area contributed by atoms with E-state index in [1.54, 1.807) is 38.1 Å². The first kappa shape index (κ1) is 24.6. The van der Waals surface area contributed by atoms with Crippen molar-refractivity contribution in [3.63, 3.8) is 0 Å². The van der Waals surface area contributed by atoms with Gasteiger partial charge in [-0.05, 0) is 43.2 Å². The molecule has 1 atom stereocenters. The van der Waals surface area contributed by atoms with E-state index < -0.39 is 29.6 Å². The molecule has 2 aromatic rings. The quantitative estimate of drug-likeness (QED) is 0.672. The summed E-state index contributed by atoms with van der Waals surface area (Å²) in [6.45, 7) is 7.28. The summed E-state index contributed by atoms with van der Waals surface area (Å²) in [5.74, 6) is -1.31. The number of benzene rings is 2. The number of aryl methyl sites for hydroxylation is 1. The van der Waals surface area contributed by atoms with E-state index in [4.69, 9.17) is 4.74 Å². The van der Waals surface area contributed by atoms with Crippen LogP contribution in [0.15, 0.2) is 42.5 Å². The number of ether oxygens (including phenoxy) is 1. The summed E-state index contributed by atoms with van der Waals surface area (Å²) in [6.07, 6.45) is -4.56. The summed E-state index contributed by atoms with van der Waals surface area (Å²) < 4.78 is 45.4. The molecule has 178 valence electrons. The van der Waals surface area contributed by atoms with Crippen molar-refractivity contribution in [3.8, 4) is 0 Å². The standard InChI is InChI=1S/C24H28F3N3O3/c1-15(2)21(29-22(31)17-6-4-16(3)5-7-17)23(32)28-19-14-18(24(25,26)27)8-9-20(19)30-10-12-33-13-11-30/h4-9,14-15,21H,10-13H2,1-3H3,(H,28,32)(H,29,31). The van der Waals surface area contributed by atoms with E-state index in [1.165, 1.54) is 6.07 Å². The predicted octanol–water partition coefficient (Wildman–Crippen LogP) is 4.24. The van der Waals surface area contributed by atoms with E-state index in [9.17, 15) is 22.8 Å². The van der Waals surface area contributed by atoms with E-state index in [1.807, 2.05) is 11.8 Å². The molecule has 2 aromatic carbocycles. The Labute approximate surface area is 191 Å². The van der Waals surface area contributed by atoms with Gasteiger partial charge in [0.1, 0.15) is 6.04 Å². The second-order valence-corrected chi connectivity index (χ2v) is 8.38. The van der Waals surface area contributed by atoms with Crippen molar-refractivity contribution in [1.82, 2.24) is 5.32 Å². The molecule has 3 rings (SSSR count). The lowest BCUT2D eigenvalue weighted by Gasteiger charge is -2.31. The van der Waals surface area contributed by atoms with Crippen molar-refractivity contribution in [2.45, 2.75) is 33.0 Å². The fraction of sp³-hybridized carbons (Fsp3) is 0.417. The van der Waals surface area contributed by atoms with Gasteiger partial charge < -0.3 is 20.3 Å². The largest absolute Gasteiger partial charge is 0.416 e. The van der Waals surface area contributed by atoms with Gasteiger partial charge in [-0.25, -0.2) is 0 Å². The van der Waals surface area contributed by atoms with Crippen molar-refractivity contribution < 1.29 is 27.5 Å². The highest BCUT2D eigenvalue weighted by Crippen LogP contribution is 2.36. The number of alkyl halides is 3. The third kappa shape index (κ3) is 6.25. The molecule has 0 aliphatic carbocycles. The number of anilines is 2. The van der Waals surface area contributed by atoms with Crippen LogP contribution in [0.25, 0.3) is 0 Å². The molecule has 1 aliphatic heterocycles. The number of amides is 2. The van der Waals surface area contributed by atoms with E-state index in [0.717, 1.165) is 17.7 Å². The zero-order valence-corrected chi connectivity index (χ0v) is 18.8. The molecule has 1 fully saturated rings. The Morgan fingerprint density at radius 3 is 2.24 bits per heavy atom. The van der Waals surface area contributed by atoms with Crippen molar-refractivity contribution in [3.05, 3.63) is 59.2 Å². The average Bonchev–Trinajstić information content (AvgIpc) is 2.77. The van der Waals surface area contributed by atoms with Crippen LogP contribution in [0, 0.1) is 12.8 Å². The van der Waals surface area contributed by atoms with Crippen LogP contribution in [-0.2, 0) is 15.7 Å². The number of carbonyl (C=O) groups is 2. The van der Waals surface area contributed by atoms with Crippen LogP contribution in [-0.4, -0.2) is 44.2 Å². The van der Waals surface area contributed by atoms with Crippen LogP contribution in [0.5, 0.6) is 0 Å². The van der Waals surface area contributed by atoms with Crippen molar-refractivity contribution in [1.29, 1.82) is 0 Å². The summed E-state index contributed by atoms with van der Waals surface area (Å²) in [6, 6.07) is 9.24. The van der Waals surface area contributed by atoms with Crippen LogP contribution < -0.4 is 15.5 Å². The normalized spacial score (nSPS) is 15.3. The number of morpholine rings is 1. The Balaban J connectivity index is 1.85. The third-order valence-corrected chi connectivity index (χ3v) is 5.48. The first-order valence-corrected chi connectivity index (χ1v) is 10.8. The van der Waals surface area contributed by atoms with Gasteiger partial charge >= 0.3 is 6.18 Å². The number of rotatable bonds is 6. The van der Waals surface area contributed by atoms with Crippen LogP contribution in [0.4, 0.5) is 24.5 Å². The van der Waals surface area contributed by atoms with E-state index >= 15 is 0 Å². The summed E-state index contributed by atoms with van der Waals surface area (Å²) in [5, 5.41) is 5.34. The van der Waals surface area contributed by atoms with Crippen molar-refractivity contribution in [2.75, 3.05) is 36.5 Å². The Morgan fingerprint density at radius 1 is 1.03 bits per heavy atom. The lowest BCUT2D eigenvalue weighted by atomic mass is 10.0. The lowest BCUT2D eigenvalue weighted by Crippen LogP contribution is -2.47. The second-order valence-electron chi connectivity index (χ2n) is 8.38. The number of nitrogens with one attached hydrogen (secondary N) is 2. The van der Waals surface area contributed by atoms with Gasteiger partial charge in [0.25, 0.3) is 5.91 Å². The minimum absolute atomic E-state index is 0.0481. The number of carbonyl (C=O) groups excluding carboxylic acids is 2. The summed E-state index contributed by atoms with van der Waals surface area (Å²) in [4.78, 5) is 27.7. The number of hydrogen-bond acceptors (Lipinski definition) is 4. The van der Waals surface area contributed by atoms with Gasteiger partial charge in [-0.2, -0.15) is 13.2 Å². The van der Waals surface area contributed by atoms with Crippen LogP contribution in [0.1, 0.15) is 35.3 Å². The van der Waals surface area contributed by atoms with E-state index in [2.05, 4.69) is 10.6 Å². The Hall–Kier alpha value is -3.07. The molecular weight excluding hydrogens is 435 g/mol. The molecule has 0 spiro atoms. The molecule has 2 N–H and O–H groups in total. The zero-order chi connectivity index (χ0) is 24.2. The second kappa shape index (κ2) is 10.2. The van der Waals surface area contributed by atoms with E-state index in [0.29, 0.717) is 37.6 Å². The third-order valence-electron chi connectivity index (χ3n) is 5.48. The predicted molar refractivity (Wildman–Crippen MR) is 120 cm³/mol. The minimum atomic E-state index is -4.56. The SMILES string of the molecule is Cc1ccc(C(=O)NC(C(=O)Nc2cc(C(F)(F)F)ccc2N2CCOCC2)C(C)C)cc1. The van der Waals surface area contributed by atoms with Gasteiger partial charge in [-0.15, -0.1) is 0 Å². The molecule has 6 nitrogen and oxygen atoms in total. The highest BCUT2D eigenvalue weighted by Gasteiger charge is 2.33. The maximum Gasteiger partial charge on any atom is 0.416 e. The minimum Gasteiger partial charge on any atom is -0.378 e. The average molecular weight is 464 g/mol. The monoisotopic (exact) mass is 463 g/mol. The first-order chi connectivity index (χ1) is 15.6. The fourth-order valence-corrected chi connectivity index (χ4v) is 3.57. The summed E-state index contributed by atoms with van der Waals surface area (Å²) in [7, 11) is 0. The lowest BCUT2D eigenvalue weighted by molar-refractivity contribution is -0.137. The van der Waals surface area contributed by atoms with Crippen molar-refractivity contribution >= 4 is 23.2 Å². The van der Waals surface area contributed by atoms with Crippen LogP contribution in [0.3, 0.4) is 0 Å². The highest BCUT2D eigenvalue weighted by molar-refractivity contribution is 6.02. The Bertz CT molecular complexity index is 985. The molecule has 33 heavy (non-hydrogen) atoms. The topological polar surface area (TPSA) is 70.7 Å². The zero-order valence-electron chi connectivity index (χ0n) is 18.8. The smallest absolute Gasteiger partial charge is 0.378 e. The van der Waals surface area contributed by atoms with Crippen LogP contribution >= 0.6 is 0 Å². The van der Waals surface area contributed by atoms with Gasteiger partial charge in [0.15, 0.2) is 0 Å². The van der Waals surface area contributed by atoms with Gasteiger partial charge in [-0.1, -0.05) is 31.5 Å². The molecule has 1 aliphatic rings. The van der Waals surface area contributed by atoms with Gasteiger partial charge in [0.2, 0.25) is 5.91 Å². The van der Waals surface area contributed by atoms with Gasteiger partial charge in [-0.3, -0.25) is 9.59 Å². The number of hydrogen-bond donors (Lipinski definition) is 2. The molecule has 0 saturated carbocycles. The number of nitrogens with zero attached hydrogens (tertiary/aromatic N) is 1. The Morgan fingerprint density at radius 2 is 1.67 bits per heavy atom. The molecule has 1 saturated heterocycles. The number of halogens is 3. The molecule has 0 aromatic heterocycles. The molecule has 2 amide bonds. The molecule has 0 bridgehead atoms. The maximum absolute atomic E-state index is 13.4. The molecule has 0 radical (unpaired) electrons. The fourth-order valence-electron chi connectivity index (χ4n) is 3.57. The summed E-state index contributed by atoms with van der Waals surface area (Å²) in [5.41, 5.74) is 1.05. The molecule has 1 heterocycles.